The second kappa shape index (κ2) is 8.95. The van der Waals surface area contributed by atoms with E-state index in [2.05, 4.69) is 31.7 Å². The zero-order chi connectivity index (χ0) is 24.4. The number of hydrogen-bond acceptors (Lipinski definition) is 9. The summed E-state index contributed by atoms with van der Waals surface area (Å²) in [6.07, 6.45) is 4.55. The topological polar surface area (TPSA) is 132 Å². The van der Waals surface area contributed by atoms with Gasteiger partial charge in [-0.2, -0.15) is 0 Å². The minimum absolute atomic E-state index is 0.0723. The van der Waals surface area contributed by atoms with E-state index in [0.717, 1.165) is 10.9 Å². The molecule has 0 radical (unpaired) electrons. The lowest BCUT2D eigenvalue weighted by Crippen LogP contribution is -2.15. The van der Waals surface area contributed by atoms with Crippen molar-refractivity contribution < 1.29 is 22.1 Å². The summed E-state index contributed by atoms with van der Waals surface area (Å²) in [6, 6.07) is 15.7. The van der Waals surface area contributed by atoms with Crippen LogP contribution in [0.4, 0.5) is 11.4 Å². The maximum atomic E-state index is 13.2. The largest absolute Gasteiger partial charge is 0.480 e. The minimum Gasteiger partial charge on any atom is -0.480 e. The molecule has 5 rings (SSSR count). The first-order chi connectivity index (χ1) is 16.9. The van der Waals surface area contributed by atoms with Crippen LogP contribution in [-0.4, -0.2) is 30.7 Å². The fourth-order valence-corrected chi connectivity index (χ4v) is 4.55. The SMILES string of the molecule is C=C(Nc1cnc(OC)c(S(=O)(=O)Nc2ccc3cnoc3c2)c1)c1ncc(-c2ccccc2)o1. The smallest absolute Gasteiger partial charge is 0.267 e. The Bertz CT molecular complexity index is 1630. The molecule has 176 valence electrons. The van der Waals surface area contributed by atoms with Gasteiger partial charge in [-0.3, -0.25) is 4.72 Å². The Balaban J connectivity index is 1.39. The average Bonchev–Trinajstić information content (AvgIpc) is 3.54. The van der Waals surface area contributed by atoms with E-state index in [0.29, 0.717) is 28.4 Å². The molecule has 5 aromatic rings. The van der Waals surface area contributed by atoms with Gasteiger partial charge in [0.1, 0.15) is 0 Å². The molecule has 0 aliphatic heterocycles. The van der Waals surface area contributed by atoms with Crippen LogP contribution in [0, 0.1) is 0 Å². The molecular weight excluding hydrogens is 470 g/mol. The van der Waals surface area contributed by atoms with Gasteiger partial charge in [0.2, 0.25) is 11.8 Å². The van der Waals surface area contributed by atoms with Crippen molar-refractivity contribution in [2.45, 2.75) is 4.90 Å². The van der Waals surface area contributed by atoms with E-state index in [1.807, 2.05) is 30.3 Å². The average molecular weight is 490 g/mol. The van der Waals surface area contributed by atoms with Crippen LogP contribution in [0.2, 0.25) is 0 Å². The van der Waals surface area contributed by atoms with Gasteiger partial charge in [-0.25, -0.2) is 18.4 Å². The first-order valence-electron chi connectivity index (χ1n) is 10.3. The quantitative estimate of drug-likeness (QED) is 0.316. The van der Waals surface area contributed by atoms with Crippen molar-refractivity contribution in [3.63, 3.8) is 0 Å². The maximum Gasteiger partial charge on any atom is 0.267 e. The first-order valence-corrected chi connectivity index (χ1v) is 11.8. The normalized spacial score (nSPS) is 11.3. The molecule has 0 unspecified atom stereocenters. The molecule has 0 fully saturated rings. The Morgan fingerprint density at radius 3 is 2.63 bits per heavy atom. The van der Waals surface area contributed by atoms with Gasteiger partial charge >= 0.3 is 0 Å². The highest BCUT2D eigenvalue weighted by Gasteiger charge is 2.23. The Morgan fingerprint density at radius 2 is 1.83 bits per heavy atom. The van der Waals surface area contributed by atoms with Crippen molar-refractivity contribution in [2.75, 3.05) is 17.1 Å². The molecule has 0 spiro atoms. The molecule has 0 amide bonds. The molecule has 3 aromatic heterocycles. The van der Waals surface area contributed by atoms with Crippen LogP contribution in [-0.2, 0) is 10.0 Å². The number of hydrogen-bond donors (Lipinski definition) is 2. The van der Waals surface area contributed by atoms with Crippen molar-refractivity contribution in [1.29, 1.82) is 0 Å². The number of methoxy groups -OCH3 is 1. The molecule has 2 aromatic carbocycles. The highest BCUT2D eigenvalue weighted by atomic mass is 32.2. The van der Waals surface area contributed by atoms with E-state index in [9.17, 15) is 8.42 Å². The van der Waals surface area contributed by atoms with Crippen molar-refractivity contribution in [1.82, 2.24) is 15.1 Å². The van der Waals surface area contributed by atoms with Gasteiger partial charge in [-0.05, 0) is 18.2 Å². The van der Waals surface area contributed by atoms with Crippen LogP contribution < -0.4 is 14.8 Å². The Hall–Kier alpha value is -4.64. The van der Waals surface area contributed by atoms with Crippen LogP contribution in [0.3, 0.4) is 0 Å². The predicted octanol–water partition coefficient (Wildman–Crippen LogP) is 4.77. The fourth-order valence-electron chi connectivity index (χ4n) is 3.36. The summed E-state index contributed by atoms with van der Waals surface area (Å²) in [5, 5.41) is 7.43. The number of aromatic nitrogens is 3. The Labute approximate surface area is 200 Å². The van der Waals surface area contributed by atoms with E-state index < -0.39 is 10.0 Å². The standard InChI is InChI=1S/C24H19N5O5S/c1-15(23-26-14-21(33-23)16-6-4-3-5-7-16)28-19-11-22(24(32-2)25-13-19)35(30,31)29-18-9-8-17-12-27-34-20(17)10-18/h3-14,28-29H,1H2,2H3. The zero-order valence-corrected chi connectivity index (χ0v) is 19.2. The highest BCUT2D eigenvalue weighted by Crippen LogP contribution is 2.29. The van der Waals surface area contributed by atoms with Gasteiger partial charge in [0.05, 0.1) is 42.8 Å². The minimum atomic E-state index is -4.07. The zero-order valence-electron chi connectivity index (χ0n) is 18.4. The molecule has 0 aliphatic carbocycles. The van der Waals surface area contributed by atoms with Crippen molar-refractivity contribution in [3.8, 4) is 17.2 Å². The number of rotatable bonds is 8. The van der Waals surface area contributed by atoms with Crippen molar-refractivity contribution in [2.24, 2.45) is 0 Å². The number of sulfonamides is 1. The molecule has 0 aliphatic rings. The second-order valence-corrected chi connectivity index (χ2v) is 9.07. The third-order valence-electron chi connectivity index (χ3n) is 5.03. The van der Waals surface area contributed by atoms with Gasteiger partial charge in [0, 0.05) is 17.0 Å². The predicted molar refractivity (Wildman–Crippen MR) is 130 cm³/mol. The number of pyridine rings is 1. The van der Waals surface area contributed by atoms with Gasteiger partial charge in [-0.1, -0.05) is 42.1 Å². The number of oxazole rings is 1. The lowest BCUT2D eigenvalue weighted by Gasteiger charge is -2.13. The molecule has 0 saturated carbocycles. The van der Waals surface area contributed by atoms with Crippen molar-refractivity contribution >= 4 is 38.1 Å². The Morgan fingerprint density at radius 1 is 1.00 bits per heavy atom. The van der Waals surface area contributed by atoms with Crippen LogP contribution in [0.5, 0.6) is 5.88 Å². The summed E-state index contributed by atoms with van der Waals surface area (Å²) in [4.78, 5) is 8.20. The highest BCUT2D eigenvalue weighted by molar-refractivity contribution is 7.92. The van der Waals surface area contributed by atoms with Gasteiger partial charge in [-0.15, -0.1) is 0 Å². The number of fused-ring (bicyclic) bond motifs is 1. The third kappa shape index (κ3) is 4.57. The molecular formula is C24H19N5O5S. The van der Waals surface area contributed by atoms with Crippen molar-refractivity contribution in [3.05, 3.63) is 85.7 Å². The second-order valence-electron chi connectivity index (χ2n) is 7.41. The van der Waals surface area contributed by atoms with E-state index in [1.54, 1.807) is 24.5 Å². The number of nitrogens with zero attached hydrogens (tertiary/aromatic N) is 3. The van der Waals surface area contributed by atoms with Gasteiger partial charge < -0.3 is 19.0 Å². The molecule has 0 atom stereocenters. The molecule has 0 saturated heterocycles. The van der Waals surface area contributed by atoms with E-state index >= 15 is 0 Å². The summed E-state index contributed by atoms with van der Waals surface area (Å²) in [6.45, 7) is 3.95. The summed E-state index contributed by atoms with van der Waals surface area (Å²) >= 11 is 0. The third-order valence-corrected chi connectivity index (χ3v) is 6.40. The lowest BCUT2D eigenvalue weighted by atomic mass is 10.2. The van der Waals surface area contributed by atoms with Gasteiger partial charge in [0.15, 0.2) is 16.2 Å². The number of anilines is 2. The number of benzene rings is 2. The molecule has 11 heteroatoms. The van der Waals surface area contributed by atoms with Crippen LogP contribution >= 0.6 is 0 Å². The summed E-state index contributed by atoms with van der Waals surface area (Å²) < 4.78 is 44.9. The monoisotopic (exact) mass is 489 g/mol. The Kier molecular flexibility index (Phi) is 5.67. The first kappa shape index (κ1) is 22.2. The van der Waals surface area contributed by atoms with E-state index in [4.69, 9.17) is 13.7 Å². The van der Waals surface area contributed by atoms with E-state index in [1.165, 1.54) is 25.4 Å². The number of nitrogens with one attached hydrogen (secondary N) is 2. The molecule has 3 heterocycles. The summed E-state index contributed by atoms with van der Waals surface area (Å²) in [7, 11) is -2.73. The molecule has 35 heavy (non-hydrogen) atoms. The lowest BCUT2D eigenvalue weighted by molar-refractivity contribution is 0.385. The summed E-state index contributed by atoms with van der Waals surface area (Å²) in [5.74, 6) is 0.757. The number of ether oxygens (including phenoxy) is 1. The molecule has 0 bridgehead atoms. The van der Waals surface area contributed by atoms with Gasteiger partial charge in [0.25, 0.3) is 10.0 Å². The maximum absolute atomic E-state index is 13.2. The van der Waals surface area contributed by atoms with Crippen LogP contribution in [0.15, 0.2) is 93.6 Å². The van der Waals surface area contributed by atoms with Crippen LogP contribution in [0.25, 0.3) is 28.0 Å². The molecule has 10 nitrogen and oxygen atoms in total. The van der Waals surface area contributed by atoms with E-state index in [-0.39, 0.29) is 16.7 Å². The van der Waals surface area contributed by atoms with Crippen LogP contribution in [0.1, 0.15) is 5.89 Å². The summed E-state index contributed by atoms with van der Waals surface area (Å²) in [5.41, 5.74) is 2.29. The molecule has 2 N–H and O–H groups in total. The fraction of sp³-hybridized carbons (Fsp3) is 0.0417.